The molecule has 3 unspecified atom stereocenters. The van der Waals surface area contributed by atoms with E-state index in [1.165, 1.54) is 0 Å². The highest BCUT2D eigenvalue weighted by molar-refractivity contribution is 7.99. The zero-order valence-electron chi connectivity index (χ0n) is 10.8. The highest BCUT2D eigenvalue weighted by Gasteiger charge is 2.42. The number of halogens is 2. The maximum absolute atomic E-state index is 12.5. The van der Waals surface area contributed by atoms with E-state index in [9.17, 15) is 13.6 Å². The summed E-state index contributed by atoms with van der Waals surface area (Å²) in [4.78, 5) is 12.7. The minimum atomic E-state index is -2.49. The molecule has 2 heterocycles. The van der Waals surface area contributed by atoms with Gasteiger partial charge >= 0.3 is 0 Å². The first-order valence-electron chi connectivity index (χ1n) is 6.74. The first-order chi connectivity index (χ1) is 9.63. The molecule has 2 aliphatic rings. The van der Waals surface area contributed by atoms with Crippen molar-refractivity contribution in [2.24, 2.45) is 5.92 Å². The average Bonchev–Trinajstić information content (AvgIpc) is 3.02. The normalized spacial score (nSPS) is 28.1. The fraction of sp³-hybridized carbons (Fsp3) is 0.500. The maximum atomic E-state index is 12.5. The lowest BCUT2D eigenvalue weighted by molar-refractivity contribution is -0.120. The zero-order chi connectivity index (χ0) is 14.1. The molecule has 20 heavy (non-hydrogen) atoms. The van der Waals surface area contributed by atoms with Crippen molar-refractivity contribution in [3.63, 3.8) is 0 Å². The van der Waals surface area contributed by atoms with Crippen molar-refractivity contribution in [1.29, 1.82) is 0 Å². The first kappa shape index (κ1) is 13.8. The Hall–Kier alpha value is -1.14. The van der Waals surface area contributed by atoms with Crippen LogP contribution in [0.15, 0.2) is 29.2 Å². The molecular formula is C14H16F2N2OS. The monoisotopic (exact) mass is 298 g/mol. The molecule has 1 aromatic carbocycles. The van der Waals surface area contributed by atoms with Crippen LogP contribution in [0.25, 0.3) is 0 Å². The van der Waals surface area contributed by atoms with Crippen molar-refractivity contribution < 1.29 is 13.6 Å². The number of benzene rings is 1. The summed E-state index contributed by atoms with van der Waals surface area (Å²) in [5, 5.41) is 6.21. The van der Waals surface area contributed by atoms with Gasteiger partial charge in [0.05, 0.1) is 11.6 Å². The van der Waals surface area contributed by atoms with Gasteiger partial charge in [-0.1, -0.05) is 23.9 Å². The number of para-hydroxylation sites is 1. The summed E-state index contributed by atoms with van der Waals surface area (Å²) >= 11 is 0.461. The molecule has 3 atom stereocenters. The van der Waals surface area contributed by atoms with Gasteiger partial charge in [0.2, 0.25) is 5.91 Å². The van der Waals surface area contributed by atoms with Crippen LogP contribution >= 0.6 is 11.8 Å². The fourth-order valence-corrected chi connectivity index (χ4v) is 3.70. The van der Waals surface area contributed by atoms with E-state index in [2.05, 4.69) is 10.6 Å². The molecule has 6 heteroatoms. The first-order valence-corrected chi connectivity index (χ1v) is 7.62. The average molecular weight is 298 g/mol. The molecule has 3 rings (SSSR count). The number of thioether (sulfide) groups is 1. The maximum Gasteiger partial charge on any atom is 0.288 e. The second kappa shape index (κ2) is 5.69. The number of anilines is 1. The van der Waals surface area contributed by atoms with E-state index in [1.807, 2.05) is 0 Å². The summed E-state index contributed by atoms with van der Waals surface area (Å²) in [5.74, 6) is -2.59. The Kier molecular flexibility index (Phi) is 3.94. The summed E-state index contributed by atoms with van der Waals surface area (Å²) in [5.41, 5.74) is 0.477. The third kappa shape index (κ3) is 2.81. The van der Waals surface area contributed by atoms with Crippen LogP contribution in [0.4, 0.5) is 14.5 Å². The minimum absolute atomic E-state index is 0.0432. The van der Waals surface area contributed by atoms with Gasteiger partial charge in [0.15, 0.2) is 0 Å². The topological polar surface area (TPSA) is 41.1 Å². The Balaban J connectivity index is 1.70. The number of fused-ring (bicyclic) bond motifs is 2. The second-order valence-corrected chi connectivity index (χ2v) is 6.29. The molecule has 3 nitrogen and oxygen atoms in total. The second-order valence-electron chi connectivity index (χ2n) is 5.25. The van der Waals surface area contributed by atoms with Crippen molar-refractivity contribution in [3.05, 3.63) is 24.3 Å². The van der Waals surface area contributed by atoms with E-state index in [0.29, 0.717) is 28.4 Å². The lowest BCUT2D eigenvalue weighted by Gasteiger charge is -2.20. The molecular weight excluding hydrogens is 282 g/mol. The molecule has 108 valence electrons. The molecule has 0 aromatic heterocycles. The summed E-state index contributed by atoms with van der Waals surface area (Å²) in [6, 6.07) is 7.40. The van der Waals surface area contributed by atoms with Gasteiger partial charge in [0.25, 0.3) is 5.76 Å². The number of nitrogens with one attached hydrogen (secondary N) is 2. The molecule has 0 aliphatic carbocycles. The molecule has 0 radical (unpaired) electrons. The summed E-state index contributed by atoms with van der Waals surface area (Å²) in [7, 11) is 0. The van der Waals surface area contributed by atoms with Crippen molar-refractivity contribution in [2.45, 2.75) is 42.0 Å². The van der Waals surface area contributed by atoms with Crippen molar-refractivity contribution in [1.82, 2.24) is 5.32 Å². The number of hydrogen-bond acceptors (Lipinski definition) is 3. The van der Waals surface area contributed by atoms with Gasteiger partial charge in [-0.25, -0.2) is 0 Å². The predicted octanol–water partition coefficient (Wildman–Crippen LogP) is 3.08. The van der Waals surface area contributed by atoms with Crippen LogP contribution in [0.3, 0.4) is 0 Å². The Morgan fingerprint density at radius 2 is 2.15 bits per heavy atom. The molecule has 2 fully saturated rings. The van der Waals surface area contributed by atoms with Gasteiger partial charge in [-0.05, 0) is 31.4 Å². The van der Waals surface area contributed by atoms with Gasteiger partial charge in [0.1, 0.15) is 0 Å². The molecule has 0 spiro atoms. The Labute approximate surface area is 120 Å². The summed E-state index contributed by atoms with van der Waals surface area (Å²) < 4.78 is 25.0. The quantitative estimate of drug-likeness (QED) is 0.839. The van der Waals surface area contributed by atoms with E-state index in [0.717, 1.165) is 19.3 Å². The van der Waals surface area contributed by atoms with Gasteiger partial charge in [0, 0.05) is 17.0 Å². The zero-order valence-corrected chi connectivity index (χ0v) is 11.6. The largest absolute Gasteiger partial charge is 0.325 e. The molecule has 2 saturated heterocycles. The molecule has 1 amide bonds. The van der Waals surface area contributed by atoms with Crippen LogP contribution in [-0.4, -0.2) is 23.7 Å². The van der Waals surface area contributed by atoms with Gasteiger partial charge in [-0.3, -0.25) is 4.79 Å². The predicted molar refractivity (Wildman–Crippen MR) is 75.0 cm³/mol. The van der Waals surface area contributed by atoms with E-state index in [1.54, 1.807) is 24.3 Å². The lowest BCUT2D eigenvalue weighted by Crippen LogP contribution is -2.32. The number of hydrogen-bond donors (Lipinski definition) is 2. The molecule has 2 aliphatic heterocycles. The van der Waals surface area contributed by atoms with Gasteiger partial charge in [-0.15, -0.1) is 0 Å². The fourth-order valence-electron chi connectivity index (χ4n) is 3.11. The molecule has 2 bridgehead atoms. The minimum Gasteiger partial charge on any atom is -0.325 e. The third-order valence-corrected chi connectivity index (χ3v) is 4.79. The Morgan fingerprint density at radius 1 is 1.35 bits per heavy atom. The van der Waals surface area contributed by atoms with Crippen LogP contribution in [0.5, 0.6) is 0 Å². The van der Waals surface area contributed by atoms with Crippen LogP contribution in [-0.2, 0) is 4.79 Å². The number of carbonyl (C=O) groups is 1. The van der Waals surface area contributed by atoms with E-state index < -0.39 is 5.76 Å². The summed E-state index contributed by atoms with van der Waals surface area (Å²) in [6.45, 7) is 0. The van der Waals surface area contributed by atoms with E-state index in [4.69, 9.17) is 0 Å². The van der Waals surface area contributed by atoms with Crippen LogP contribution in [0.2, 0.25) is 0 Å². The van der Waals surface area contributed by atoms with Crippen molar-refractivity contribution >= 4 is 23.4 Å². The Morgan fingerprint density at radius 3 is 2.80 bits per heavy atom. The van der Waals surface area contributed by atoms with Crippen molar-refractivity contribution in [3.8, 4) is 0 Å². The number of amides is 1. The van der Waals surface area contributed by atoms with Crippen LogP contribution in [0, 0.1) is 5.92 Å². The molecule has 0 saturated carbocycles. The molecule has 1 aromatic rings. The van der Waals surface area contributed by atoms with E-state index in [-0.39, 0.29) is 17.9 Å². The molecule has 2 N–H and O–H groups in total. The number of alkyl halides is 2. The third-order valence-electron chi connectivity index (χ3n) is 4.00. The van der Waals surface area contributed by atoms with Crippen LogP contribution < -0.4 is 10.6 Å². The summed E-state index contributed by atoms with van der Waals surface area (Å²) in [6.07, 6.45) is 3.00. The smallest absolute Gasteiger partial charge is 0.288 e. The standard InChI is InChI=1S/C14H16F2N2OS/c15-14(16)20-12-4-2-1-3-11(12)18-13(19)9-7-8-5-6-10(9)17-8/h1-4,8-10,14,17H,5-7H2,(H,18,19). The van der Waals surface area contributed by atoms with Crippen LogP contribution in [0.1, 0.15) is 19.3 Å². The lowest BCUT2D eigenvalue weighted by atomic mass is 9.88. The van der Waals surface area contributed by atoms with Gasteiger partial charge in [-0.2, -0.15) is 8.78 Å². The number of carbonyl (C=O) groups excluding carboxylic acids is 1. The van der Waals surface area contributed by atoms with E-state index >= 15 is 0 Å². The SMILES string of the molecule is O=C(Nc1ccccc1SC(F)F)C1CC2CCC1N2. The van der Waals surface area contributed by atoms with Crippen molar-refractivity contribution in [2.75, 3.05) is 5.32 Å². The highest BCUT2D eigenvalue weighted by atomic mass is 32.2. The Bertz CT molecular complexity index is 512. The highest BCUT2D eigenvalue weighted by Crippen LogP contribution is 2.36. The van der Waals surface area contributed by atoms with Gasteiger partial charge < -0.3 is 10.6 Å². The number of rotatable bonds is 4.